The Morgan fingerprint density at radius 3 is 2.29 bits per heavy atom. The van der Waals surface area contributed by atoms with Gasteiger partial charge < -0.3 is 10.2 Å². The molecule has 1 heterocycles. The first-order valence-electron chi connectivity index (χ1n) is 6.55. The first-order valence-corrected chi connectivity index (χ1v) is 6.55. The van der Waals surface area contributed by atoms with E-state index in [9.17, 15) is 29.6 Å². The molecule has 120 valence electrons. The van der Waals surface area contributed by atoms with Crippen LogP contribution in [-0.4, -0.2) is 32.9 Å². The molecule has 1 aliphatic rings. The van der Waals surface area contributed by atoms with E-state index < -0.39 is 34.1 Å². The van der Waals surface area contributed by atoms with Gasteiger partial charge in [0.15, 0.2) is 0 Å². The summed E-state index contributed by atoms with van der Waals surface area (Å²) in [6.07, 6.45) is 0. The van der Waals surface area contributed by atoms with Crippen LogP contribution in [0.4, 0.5) is 11.4 Å². The highest BCUT2D eigenvalue weighted by Crippen LogP contribution is 2.36. The fourth-order valence-electron chi connectivity index (χ4n) is 2.41. The summed E-state index contributed by atoms with van der Waals surface area (Å²) in [7, 11) is 0. The van der Waals surface area contributed by atoms with Crippen LogP contribution in [0.25, 0.3) is 0 Å². The Hall–Kier alpha value is -3.75. The van der Waals surface area contributed by atoms with Gasteiger partial charge in [0.1, 0.15) is 5.75 Å². The van der Waals surface area contributed by atoms with Crippen molar-refractivity contribution in [3.8, 4) is 5.75 Å². The van der Waals surface area contributed by atoms with Crippen LogP contribution in [0.1, 0.15) is 31.1 Å². The lowest BCUT2D eigenvalue weighted by atomic mass is 10.1. The predicted octanol–water partition coefficient (Wildman–Crippen LogP) is 1.80. The van der Waals surface area contributed by atoms with E-state index >= 15 is 0 Å². The molecule has 2 amide bonds. The molecule has 0 radical (unpaired) electrons. The van der Waals surface area contributed by atoms with Crippen LogP contribution in [0.15, 0.2) is 36.4 Å². The fourth-order valence-corrected chi connectivity index (χ4v) is 2.41. The van der Waals surface area contributed by atoms with E-state index in [0.717, 1.165) is 24.3 Å². The van der Waals surface area contributed by atoms with E-state index in [2.05, 4.69) is 0 Å². The molecule has 0 fully saturated rings. The molecule has 0 saturated heterocycles. The molecule has 0 spiro atoms. The van der Waals surface area contributed by atoms with Crippen molar-refractivity contribution in [3.63, 3.8) is 0 Å². The molecule has 0 unspecified atom stereocenters. The van der Waals surface area contributed by atoms with E-state index in [1.54, 1.807) is 0 Å². The number of non-ortho nitro benzene ring substituents is 1. The van der Waals surface area contributed by atoms with E-state index in [1.165, 1.54) is 12.1 Å². The number of aromatic carboxylic acids is 1. The Morgan fingerprint density at radius 2 is 1.71 bits per heavy atom. The molecule has 0 saturated carbocycles. The van der Waals surface area contributed by atoms with Gasteiger partial charge in [0.25, 0.3) is 17.5 Å². The number of phenols is 1. The van der Waals surface area contributed by atoms with Crippen LogP contribution < -0.4 is 4.90 Å². The number of amides is 2. The van der Waals surface area contributed by atoms with Crippen molar-refractivity contribution in [2.24, 2.45) is 0 Å². The summed E-state index contributed by atoms with van der Waals surface area (Å²) in [4.78, 5) is 46.4. The van der Waals surface area contributed by atoms with Crippen molar-refractivity contribution in [3.05, 3.63) is 63.2 Å². The van der Waals surface area contributed by atoms with Gasteiger partial charge in [0.05, 0.1) is 33.4 Å². The summed E-state index contributed by atoms with van der Waals surface area (Å²) < 4.78 is 0. The Balaban J connectivity index is 2.08. The Bertz CT molecular complexity index is 935. The van der Waals surface area contributed by atoms with Crippen molar-refractivity contribution >= 4 is 29.2 Å². The number of benzene rings is 2. The molecule has 3 rings (SSSR count). The number of carboxylic acids is 1. The van der Waals surface area contributed by atoms with E-state index in [0.29, 0.717) is 4.90 Å². The molecule has 0 atom stereocenters. The maximum absolute atomic E-state index is 12.4. The van der Waals surface area contributed by atoms with Crippen LogP contribution in [-0.2, 0) is 0 Å². The molecule has 2 aromatic carbocycles. The van der Waals surface area contributed by atoms with Gasteiger partial charge >= 0.3 is 5.97 Å². The standard InChI is InChI=1S/C15H8N2O7/c18-12-6-8(17(23)24)2-4-11(12)16-13(19)9-3-1-7(15(21)22)5-10(9)14(16)20/h1-6,18H,(H,21,22). The average Bonchev–Trinajstić information content (AvgIpc) is 2.78. The second-order valence-electron chi connectivity index (χ2n) is 4.94. The maximum atomic E-state index is 12.4. The molecule has 2 N–H and O–H groups in total. The summed E-state index contributed by atoms with van der Waals surface area (Å²) in [6, 6.07) is 6.41. The molecular formula is C15H8N2O7. The van der Waals surface area contributed by atoms with Crippen molar-refractivity contribution in [1.82, 2.24) is 0 Å². The molecule has 0 aliphatic carbocycles. The highest BCUT2D eigenvalue weighted by Gasteiger charge is 2.38. The topological polar surface area (TPSA) is 138 Å². The van der Waals surface area contributed by atoms with Gasteiger partial charge in [-0.25, -0.2) is 9.69 Å². The van der Waals surface area contributed by atoms with Gasteiger partial charge in [-0.15, -0.1) is 0 Å². The zero-order chi connectivity index (χ0) is 17.6. The Kier molecular flexibility index (Phi) is 3.26. The second-order valence-corrected chi connectivity index (χ2v) is 4.94. The number of imide groups is 1. The normalized spacial score (nSPS) is 13.1. The van der Waals surface area contributed by atoms with E-state index in [4.69, 9.17) is 5.11 Å². The highest BCUT2D eigenvalue weighted by atomic mass is 16.6. The number of nitro benzene ring substituents is 1. The van der Waals surface area contributed by atoms with Gasteiger partial charge in [-0.2, -0.15) is 0 Å². The number of carbonyl (C=O) groups excluding carboxylic acids is 2. The molecule has 0 aromatic heterocycles. The summed E-state index contributed by atoms with van der Waals surface area (Å²) >= 11 is 0. The number of anilines is 1. The molecule has 24 heavy (non-hydrogen) atoms. The second kappa shape index (κ2) is 5.16. The monoisotopic (exact) mass is 328 g/mol. The molecule has 9 nitrogen and oxygen atoms in total. The van der Waals surface area contributed by atoms with E-state index in [1.807, 2.05) is 0 Å². The summed E-state index contributed by atoms with van der Waals surface area (Å²) in [6.45, 7) is 0. The lowest BCUT2D eigenvalue weighted by Gasteiger charge is -2.14. The molecular weight excluding hydrogens is 320 g/mol. The minimum atomic E-state index is -1.25. The van der Waals surface area contributed by atoms with Crippen molar-refractivity contribution in [2.45, 2.75) is 0 Å². The predicted molar refractivity (Wildman–Crippen MR) is 79.3 cm³/mol. The third-order valence-electron chi connectivity index (χ3n) is 3.54. The number of fused-ring (bicyclic) bond motifs is 1. The molecule has 2 aromatic rings. The van der Waals surface area contributed by atoms with Gasteiger partial charge in [-0.1, -0.05) is 0 Å². The van der Waals surface area contributed by atoms with Crippen LogP contribution >= 0.6 is 0 Å². The number of carbonyl (C=O) groups is 3. The van der Waals surface area contributed by atoms with Crippen LogP contribution in [0, 0.1) is 10.1 Å². The van der Waals surface area contributed by atoms with E-state index in [-0.39, 0.29) is 22.4 Å². The van der Waals surface area contributed by atoms with Crippen molar-refractivity contribution in [2.75, 3.05) is 4.90 Å². The van der Waals surface area contributed by atoms with Gasteiger partial charge in [0.2, 0.25) is 0 Å². The minimum absolute atomic E-state index is 0.0113. The summed E-state index contributed by atoms with van der Waals surface area (Å²) in [5.74, 6) is -3.44. The lowest BCUT2D eigenvalue weighted by molar-refractivity contribution is -0.384. The number of carboxylic acid groups (broad SMARTS) is 1. The quantitative estimate of drug-likeness (QED) is 0.497. The zero-order valence-corrected chi connectivity index (χ0v) is 11.8. The Labute approximate surface area is 133 Å². The van der Waals surface area contributed by atoms with Gasteiger partial charge in [-0.3, -0.25) is 19.7 Å². The van der Waals surface area contributed by atoms with Crippen molar-refractivity contribution < 1.29 is 29.5 Å². The maximum Gasteiger partial charge on any atom is 0.335 e. The minimum Gasteiger partial charge on any atom is -0.505 e. The number of rotatable bonds is 3. The fraction of sp³-hybridized carbons (Fsp3) is 0. The zero-order valence-electron chi connectivity index (χ0n) is 11.8. The number of phenolic OH excluding ortho intramolecular Hbond substituents is 1. The third-order valence-corrected chi connectivity index (χ3v) is 3.54. The third kappa shape index (κ3) is 2.15. The van der Waals surface area contributed by atoms with Gasteiger partial charge in [0, 0.05) is 6.07 Å². The first kappa shape index (κ1) is 15.2. The first-order chi connectivity index (χ1) is 11.3. The van der Waals surface area contributed by atoms with Gasteiger partial charge in [-0.05, 0) is 24.3 Å². The van der Waals surface area contributed by atoms with Crippen LogP contribution in [0.2, 0.25) is 0 Å². The number of aromatic hydroxyl groups is 1. The highest BCUT2D eigenvalue weighted by molar-refractivity contribution is 6.35. The smallest absolute Gasteiger partial charge is 0.335 e. The van der Waals surface area contributed by atoms with Crippen LogP contribution in [0.5, 0.6) is 5.75 Å². The number of hydrogen-bond donors (Lipinski definition) is 2. The SMILES string of the molecule is O=C(O)c1ccc2c(c1)C(=O)N(c1ccc([N+](=O)[O-])cc1O)C2=O. The molecule has 9 heteroatoms. The molecule has 1 aliphatic heterocycles. The number of nitro groups is 1. The number of hydrogen-bond acceptors (Lipinski definition) is 6. The number of nitrogens with zero attached hydrogens (tertiary/aromatic N) is 2. The summed E-state index contributed by atoms with van der Waals surface area (Å²) in [5.41, 5.74) is -0.908. The molecule has 0 bridgehead atoms. The average molecular weight is 328 g/mol. The van der Waals surface area contributed by atoms with Crippen molar-refractivity contribution in [1.29, 1.82) is 0 Å². The van der Waals surface area contributed by atoms with Crippen LogP contribution in [0.3, 0.4) is 0 Å². The lowest BCUT2D eigenvalue weighted by Crippen LogP contribution is -2.29. The largest absolute Gasteiger partial charge is 0.505 e. The Morgan fingerprint density at radius 1 is 1.04 bits per heavy atom. The summed E-state index contributed by atoms with van der Waals surface area (Å²) in [5, 5.41) is 29.6.